The summed E-state index contributed by atoms with van der Waals surface area (Å²) < 4.78 is 16.4. The molecule has 0 heterocycles. The molecule has 0 radical (unpaired) electrons. The summed E-state index contributed by atoms with van der Waals surface area (Å²) in [5, 5.41) is 6.12. The number of hydrogen-bond donors (Lipinski definition) is 2. The topological polar surface area (TPSA) is 68.8 Å². The Hall–Kier alpha value is -1.63. The van der Waals surface area contributed by atoms with E-state index in [1.165, 1.54) is 0 Å². The lowest BCUT2D eigenvalue weighted by Gasteiger charge is -2.10. The fraction of sp³-hybridized carbons (Fsp3) is 0.632. The molecule has 0 atom stereocenters. The number of anilines is 1. The Morgan fingerprint density at radius 2 is 1.84 bits per heavy atom. The van der Waals surface area contributed by atoms with Crippen LogP contribution in [-0.2, 0) is 14.3 Å². The molecule has 0 unspecified atom stereocenters. The number of hydrogen-bond acceptors (Lipinski definition) is 5. The number of carbonyl (C=O) groups is 1. The van der Waals surface area contributed by atoms with Crippen LogP contribution in [0.3, 0.4) is 0 Å². The number of carbonyl (C=O) groups excluding carboxylic acids is 1. The van der Waals surface area contributed by atoms with Crippen molar-refractivity contribution < 1.29 is 19.0 Å². The van der Waals surface area contributed by atoms with Crippen LogP contribution >= 0.6 is 0 Å². The maximum absolute atomic E-state index is 11.9. The molecule has 1 aromatic rings. The van der Waals surface area contributed by atoms with E-state index < -0.39 is 0 Å². The fourth-order valence-electron chi connectivity index (χ4n) is 2.01. The first-order chi connectivity index (χ1) is 12.1. The van der Waals surface area contributed by atoms with Crippen LogP contribution < -0.4 is 15.4 Å². The van der Waals surface area contributed by atoms with Crippen molar-refractivity contribution >= 4 is 11.6 Å². The third-order valence-electron chi connectivity index (χ3n) is 3.24. The highest BCUT2D eigenvalue weighted by atomic mass is 16.5. The minimum atomic E-state index is -0.0744. The molecule has 0 saturated heterocycles. The molecular formula is C19H32N2O4. The largest absolute Gasteiger partial charge is 0.494 e. The van der Waals surface area contributed by atoms with E-state index in [0.717, 1.165) is 24.4 Å². The monoisotopic (exact) mass is 352 g/mol. The van der Waals surface area contributed by atoms with Gasteiger partial charge in [0.25, 0.3) is 0 Å². The Morgan fingerprint density at radius 1 is 1.08 bits per heavy atom. The standard InChI is InChI=1S/C19H32N2O4/c1-4-10-25-18-7-5-6-17(15-18)21-19(22)8-11-23-13-14-24-12-9-20-16(2)3/h5-7,15-16,20H,4,8-14H2,1-3H3,(H,21,22). The quantitative estimate of drug-likeness (QED) is 0.504. The van der Waals surface area contributed by atoms with Gasteiger partial charge < -0.3 is 24.8 Å². The van der Waals surface area contributed by atoms with Crippen LogP contribution in [0.15, 0.2) is 24.3 Å². The summed E-state index contributed by atoms with van der Waals surface area (Å²) in [6.45, 7) is 9.84. The molecule has 142 valence electrons. The van der Waals surface area contributed by atoms with Crippen molar-refractivity contribution in [3.05, 3.63) is 24.3 Å². The predicted octanol–water partition coefficient (Wildman–Crippen LogP) is 2.84. The summed E-state index contributed by atoms with van der Waals surface area (Å²) in [5.74, 6) is 0.690. The van der Waals surface area contributed by atoms with Crippen LogP contribution in [0.4, 0.5) is 5.69 Å². The molecule has 25 heavy (non-hydrogen) atoms. The minimum Gasteiger partial charge on any atom is -0.494 e. The average molecular weight is 352 g/mol. The Bertz CT molecular complexity index is 480. The number of amides is 1. The molecular weight excluding hydrogens is 320 g/mol. The third-order valence-corrected chi connectivity index (χ3v) is 3.24. The summed E-state index contributed by atoms with van der Waals surface area (Å²) in [7, 11) is 0. The Morgan fingerprint density at radius 3 is 2.56 bits per heavy atom. The predicted molar refractivity (Wildman–Crippen MR) is 100 cm³/mol. The zero-order valence-corrected chi connectivity index (χ0v) is 15.7. The number of benzene rings is 1. The van der Waals surface area contributed by atoms with Crippen LogP contribution in [0.25, 0.3) is 0 Å². The zero-order chi connectivity index (χ0) is 18.3. The molecule has 0 spiro atoms. The lowest BCUT2D eigenvalue weighted by Crippen LogP contribution is -2.27. The summed E-state index contributed by atoms with van der Waals surface area (Å²) >= 11 is 0. The van der Waals surface area contributed by atoms with Crippen molar-refractivity contribution in [1.29, 1.82) is 0 Å². The van der Waals surface area contributed by atoms with E-state index in [0.29, 0.717) is 45.5 Å². The van der Waals surface area contributed by atoms with Gasteiger partial charge in [-0.25, -0.2) is 0 Å². The smallest absolute Gasteiger partial charge is 0.226 e. The molecule has 0 aliphatic heterocycles. The molecule has 0 aliphatic carbocycles. The second-order valence-corrected chi connectivity index (χ2v) is 6.01. The van der Waals surface area contributed by atoms with Crippen molar-refractivity contribution in [2.45, 2.75) is 39.7 Å². The summed E-state index contributed by atoms with van der Waals surface area (Å²) in [6.07, 6.45) is 1.26. The van der Waals surface area contributed by atoms with Gasteiger partial charge in [0.05, 0.1) is 39.5 Å². The zero-order valence-electron chi connectivity index (χ0n) is 15.7. The van der Waals surface area contributed by atoms with Crippen LogP contribution in [-0.4, -0.2) is 51.5 Å². The van der Waals surface area contributed by atoms with Gasteiger partial charge in [0.1, 0.15) is 5.75 Å². The molecule has 0 bridgehead atoms. The van der Waals surface area contributed by atoms with Crippen LogP contribution in [0.1, 0.15) is 33.6 Å². The fourth-order valence-corrected chi connectivity index (χ4v) is 2.01. The first kappa shape index (κ1) is 21.4. The van der Waals surface area contributed by atoms with E-state index in [2.05, 4.69) is 31.4 Å². The Balaban J connectivity index is 2.07. The third kappa shape index (κ3) is 11.5. The molecule has 2 N–H and O–H groups in total. The number of nitrogens with one attached hydrogen (secondary N) is 2. The van der Waals surface area contributed by atoms with Crippen molar-refractivity contribution in [1.82, 2.24) is 5.32 Å². The molecule has 6 nitrogen and oxygen atoms in total. The maximum Gasteiger partial charge on any atom is 0.226 e. The molecule has 0 aliphatic rings. The molecule has 1 aromatic carbocycles. The highest BCUT2D eigenvalue weighted by Crippen LogP contribution is 2.17. The van der Waals surface area contributed by atoms with Gasteiger partial charge in [-0.1, -0.05) is 26.8 Å². The molecule has 6 heteroatoms. The summed E-state index contributed by atoms with van der Waals surface area (Å²) in [5.41, 5.74) is 0.736. The van der Waals surface area contributed by atoms with Crippen LogP contribution in [0.2, 0.25) is 0 Å². The van der Waals surface area contributed by atoms with E-state index in [9.17, 15) is 4.79 Å². The molecule has 1 rings (SSSR count). The lowest BCUT2D eigenvalue weighted by molar-refractivity contribution is -0.117. The van der Waals surface area contributed by atoms with Gasteiger partial charge in [-0.2, -0.15) is 0 Å². The van der Waals surface area contributed by atoms with Gasteiger partial charge in [0.2, 0.25) is 5.91 Å². The van der Waals surface area contributed by atoms with Crippen molar-refractivity contribution in [2.75, 3.05) is 44.9 Å². The van der Waals surface area contributed by atoms with E-state index in [-0.39, 0.29) is 5.91 Å². The summed E-state index contributed by atoms with van der Waals surface area (Å²) in [6, 6.07) is 7.88. The van der Waals surface area contributed by atoms with Gasteiger partial charge in [0, 0.05) is 24.3 Å². The van der Waals surface area contributed by atoms with E-state index >= 15 is 0 Å². The van der Waals surface area contributed by atoms with E-state index in [1.54, 1.807) is 0 Å². The normalized spacial score (nSPS) is 10.9. The SMILES string of the molecule is CCCOc1cccc(NC(=O)CCOCCOCCNC(C)C)c1. The molecule has 0 fully saturated rings. The molecule has 0 aromatic heterocycles. The Kier molecular flexibility index (Phi) is 11.7. The van der Waals surface area contributed by atoms with E-state index in [4.69, 9.17) is 14.2 Å². The first-order valence-corrected chi connectivity index (χ1v) is 9.03. The van der Waals surface area contributed by atoms with Crippen molar-refractivity contribution in [3.63, 3.8) is 0 Å². The van der Waals surface area contributed by atoms with Crippen LogP contribution in [0.5, 0.6) is 5.75 Å². The summed E-state index contributed by atoms with van der Waals surface area (Å²) in [4.78, 5) is 11.9. The maximum atomic E-state index is 11.9. The number of ether oxygens (including phenoxy) is 3. The first-order valence-electron chi connectivity index (χ1n) is 9.03. The van der Waals surface area contributed by atoms with Gasteiger partial charge in [-0.3, -0.25) is 4.79 Å². The second kappa shape index (κ2) is 13.6. The minimum absolute atomic E-state index is 0.0744. The average Bonchev–Trinajstić information content (AvgIpc) is 2.58. The highest BCUT2D eigenvalue weighted by Gasteiger charge is 2.04. The van der Waals surface area contributed by atoms with Crippen LogP contribution in [0, 0.1) is 0 Å². The van der Waals surface area contributed by atoms with Gasteiger partial charge in [-0.05, 0) is 18.6 Å². The Labute approximate surface area is 151 Å². The van der Waals surface area contributed by atoms with Crippen molar-refractivity contribution in [3.8, 4) is 5.75 Å². The van der Waals surface area contributed by atoms with Crippen molar-refractivity contribution in [2.24, 2.45) is 0 Å². The van der Waals surface area contributed by atoms with E-state index in [1.807, 2.05) is 24.3 Å². The second-order valence-electron chi connectivity index (χ2n) is 6.01. The van der Waals surface area contributed by atoms with Gasteiger partial charge in [-0.15, -0.1) is 0 Å². The number of rotatable bonds is 14. The lowest BCUT2D eigenvalue weighted by atomic mass is 10.3. The van der Waals surface area contributed by atoms with Gasteiger partial charge in [0.15, 0.2) is 0 Å². The highest BCUT2D eigenvalue weighted by molar-refractivity contribution is 5.90. The van der Waals surface area contributed by atoms with Gasteiger partial charge >= 0.3 is 0 Å². The molecule has 1 amide bonds. The molecule has 0 saturated carbocycles.